The molecule has 0 fully saturated rings. The second kappa shape index (κ2) is 18.7. The number of nitrogens with one attached hydrogen (secondary N) is 3. The molecule has 11 heteroatoms. The maximum absolute atomic E-state index is 12.7. The average molecular weight is 706 g/mol. The minimum Gasteiger partial charge on any atom is -0.390 e. The third-order valence-electron chi connectivity index (χ3n) is 8.98. The van der Waals surface area contributed by atoms with Gasteiger partial charge < -0.3 is 26.2 Å². The highest BCUT2D eigenvalue weighted by Crippen LogP contribution is 2.32. The summed E-state index contributed by atoms with van der Waals surface area (Å²) in [6.45, 7) is 16.2. The number of carbonyl (C=O) groups is 6. The molecule has 51 heavy (non-hydrogen) atoms. The van der Waals surface area contributed by atoms with Crippen molar-refractivity contribution in [1.82, 2.24) is 16.0 Å². The van der Waals surface area contributed by atoms with Gasteiger partial charge in [0, 0.05) is 69.8 Å². The summed E-state index contributed by atoms with van der Waals surface area (Å²) >= 11 is 0. The molecule has 0 radical (unpaired) electrons. The number of Topliss-reactive ketones (excluding diaryl/α,β-unsaturated/α-hetero) is 4. The van der Waals surface area contributed by atoms with Crippen LogP contribution in [0, 0.1) is 0 Å². The van der Waals surface area contributed by atoms with Crippen LogP contribution >= 0.6 is 0 Å². The second-order valence-electron chi connectivity index (χ2n) is 14.3. The molecule has 0 bridgehead atoms. The first-order valence-corrected chi connectivity index (χ1v) is 17.5. The van der Waals surface area contributed by atoms with Crippen molar-refractivity contribution in [3.63, 3.8) is 0 Å². The molecule has 3 amide bonds. The van der Waals surface area contributed by atoms with E-state index in [0.29, 0.717) is 88.8 Å². The summed E-state index contributed by atoms with van der Waals surface area (Å²) in [6, 6.07) is 8.54. The molecule has 11 nitrogen and oxygen atoms in total. The van der Waals surface area contributed by atoms with Crippen LogP contribution in [-0.2, 0) is 19.2 Å². The lowest BCUT2D eigenvalue weighted by atomic mass is 9.81. The molecule has 0 unspecified atom stereocenters. The summed E-state index contributed by atoms with van der Waals surface area (Å²) in [7, 11) is 0. The molecule has 3 rings (SSSR count). The Kier molecular flexibility index (Phi) is 15.6. The van der Waals surface area contributed by atoms with E-state index in [1.54, 1.807) is 79.7 Å². The Morgan fingerprint density at radius 3 is 1.27 bits per heavy atom. The van der Waals surface area contributed by atoms with Crippen LogP contribution < -0.4 is 16.0 Å². The number of aliphatic hydroxyl groups is 2. The first-order chi connectivity index (χ1) is 23.7. The van der Waals surface area contributed by atoms with Gasteiger partial charge in [0.25, 0.3) is 5.91 Å². The van der Waals surface area contributed by atoms with Gasteiger partial charge in [0.1, 0.15) is 0 Å². The summed E-state index contributed by atoms with van der Waals surface area (Å²) in [5.41, 5.74) is 2.36. The molecule has 0 heterocycles. The van der Waals surface area contributed by atoms with Crippen LogP contribution in [-0.4, -0.2) is 76.1 Å². The second-order valence-corrected chi connectivity index (χ2v) is 14.3. The van der Waals surface area contributed by atoms with Crippen molar-refractivity contribution in [2.45, 2.75) is 112 Å². The van der Waals surface area contributed by atoms with Crippen LogP contribution in [0.1, 0.15) is 111 Å². The van der Waals surface area contributed by atoms with E-state index in [0.717, 1.165) is 0 Å². The van der Waals surface area contributed by atoms with Crippen molar-refractivity contribution in [1.29, 1.82) is 0 Å². The fourth-order valence-corrected chi connectivity index (χ4v) is 5.57. The van der Waals surface area contributed by atoms with Crippen molar-refractivity contribution >= 4 is 35.1 Å². The molecular weight excluding hydrogens is 650 g/mol. The first-order valence-electron chi connectivity index (χ1n) is 17.5. The topological polar surface area (TPSA) is 179 Å². The Bertz CT molecular complexity index is 1650. The molecule has 0 aliphatic heterocycles. The fourth-order valence-electron chi connectivity index (χ4n) is 5.57. The number of hydrogen-bond acceptors (Lipinski definition) is 8. The standard InChI is InChI=1S/C22H27NO4.C18H28N2O4/c1-14-15(2)20(25)18(17(19(14)24)10-12-22(3,4)27)11-13-23-21(26)16-8-6-5-7-9-16;1-6-19-17(23)20-10-8-14-13(7-9-18(4,5)24)15(21)11(2)12(3)16(14)22/h5-9,27H,10-13H2,1-4H3,(H,23,26);24H,6-10H2,1-5H3,(H2,19,20,23). The van der Waals surface area contributed by atoms with E-state index in [1.807, 2.05) is 13.0 Å². The Morgan fingerprint density at radius 1 is 0.569 bits per heavy atom. The van der Waals surface area contributed by atoms with Crippen molar-refractivity contribution in [3.8, 4) is 0 Å². The zero-order valence-corrected chi connectivity index (χ0v) is 31.6. The zero-order valence-electron chi connectivity index (χ0n) is 31.6. The Labute approximate surface area is 301 Å². The van der Waals surface area contributed by atoms with Gasteiger partial charge >= 0.3 is 6.03 Å². The van der Waals surface area contributed by atoms with Gasteiger partial charge in [-0.2, -0.15) is 0 Å². The monoisotopic (exact) mass is 705 g/mol. The van der Waals surface area contributed by atoms with E-state index in [-0.39, 0.29) is 54.6 Å². The Morgan fingerprint density at radius 2 is 0.922 bits per heavy atom. The lowest BCUT2D eigenvalue weighted by Gasteiger charge is -2.23. The number of carbonyl (C=O) groups excluding carboxylic acids is 6. The van der Waals surface area contributed by atoms with Crippen LogP contribution in [0.15, 0.2) is 74.9 Å². The summed E-state index contributed by atoms with van der Waals surface area (Å²) < 4.78 is 0. The van der Waals surface area contributed by atoms with E-state index in [1.165, 1.54) is 0 Å². The van der Waals surface area contributed by atoms with Crippen molar-refractivity contribution in [2.24, 2.45) is 0 Å². The predicted octanol–water partition coefficient (Wildman–Crippen LogP) is 5.17. The first kappa shape index (κ1) is 42.7. The number of urea groups is 1. The third kappa shape index (κ3) is 12.7. The number of benzene rings is 1. The molecule has 1 aromatic carbocycles. The van der Waals surface area contributed by atoms with E-state index >= 15 is 0 Å². The minimum atomic E-state index is -0.924. The van der Waals surface area contributed by atoms with Gasteiger partial charge in [-0.25, -0.2) is 4.79 Å². The van der Waals surface area contributed by atoms with E-state index in [2.05, 4.69) is 16.0 Å². The normalized spacial score (nSPS) is 15.7. The van der Waals surface area contributed by atoms with Gasteiger partial charge in [-0.3, -0.25) is 24.0 Å². The smallest absolute Gasteiger partial charge is 0.314 e. The lowest BCUT2D eigenvalue weighted by molar-refractivity contribution is -0.116. The molecule has 278 valence electrons. The SMILES string of the molecule is CC1=C(C)C(=O)C(CCC(C)(C)O)=C(CCNC(=O)c2ccccc2)C1=O.CCNC(=O)NCCC1=C(CCC(C)(C)O)C(=O)C(C)=C(C)C1=O. The van der Waals surface area contributed by atoms with E-state index < -0.39 is 11.2 Å². The average Bonchev–Trinajstić information content (AvgIpc) is 3.06. The third-order valence-corrected chi connectivity index (χ3v) is 8.98. The summed E-state index contributed by atoms with van der Waals surface area (Å²) in [5, 5.41) is 28.0. The van der Waals surface area contributed by atoms with Crippen molar-refractivity contribution in [2.75, 3.05) is 19.6 Å². The summed E-state index contributed by atoms with van der Waals surface area (Å²) in [6.07, 6.45) is 2.03. The lowest BCUT2D eigenvalue weighted by Crippen LogP contribution is -2.36. The number of ketones is 4. The molecule has 0 saturated carbocycles. The van der Waals surface area contributed by atoms with E-state index in [9.17, 15) is 39.0 Å². The number of amides is 3. The maximum atomic E-state index is 12.7. The molecule has 0 spiro atoms. The van der Waals surface area contributed by atoms with Crippen LogP contribution in [0.25, 0.3) is 0 Å². The molecule has 0 aromatic heterocycles. The minimum absolute atomic E-state index is 0.135. The maximum Gasteiger partial charge on any atom is 0.314 e. The van der Waals surface area contributed by atoms with E-state index in [4.69, 9.17) is 0 Å². The molecule has 0 saturated heterocycles. The largest absolute Gasteiger partial charge is 0.390 e. The fraction of sp³-hybridized carbons (Fsp3) is 0.500. The van der Waals surface area contributed by atoms with Gasteiger partial charge in [-0.1, -0.05) is 18.2 Å². The summed E-state index contributed by atoms with van der Waals surface area (Å²) in [4.78, 5) is 74.1. The van der Waals surface area contributed by atoms with Crippen molar-refractivity contribution < 1.29 is 39.0 Å². The highest BCUT2D eigenvalue weighted by molar-refractivity contribution is 6.25. The molecule has 2 aliphatic rings. The van der Waals surface area contributed by atoms with Crippen LogP contribution in [0.5, 0.6) is 0 Å². The number of allylic oxidation sites excluding steroid dienone is 6. The van der Waals surface area contributed by atoms with Crippen LogP contribution in [0.2, 0.25) is 0 Å². The van der Waals surface area contributed by atoms with Crippen LogP contribution in [0.4, 0.5) is 4.79 Å². The van der Waals surface area contributed by atoms with Gasteiger partial charge in [-0.15, -0.1) is 0 Å². The van der Waals surface area contributed by atoms with Gasteiger partial charge in [0.2, 0.25) is 0 Å². The molecule has 5 N–H and O–H groups in total. The van der Waals surface area contributed by atoms with Crippen LogP contribution in [0.3, 0.4) is 0 Å². The van der Waals surface area contributed by atoms with Gasteiger partial charge in [0.05, 0.1) is 11.2 Å². The van der Waals surface area contributed by atoms with Gasteiger partial charge in [0.15, 0.2) is 23.1 Å². The quantitative estimate of drug-likeness (QED) is 0.165. The summed E-state index contributed by atoms with van der Waals surface area (Å²) in [5.74, 6) is -0.778. The molecular formula is C40H55N3O8. The molecule has 2 aliphatic carbocycles. The Hall–Kier alpha value is -4.48. The number of hydrogen-bond donors (Lipinski definition) is 5. The van der Waals surface area contributed by atoms with Gasteiger partial charge in [-0.05, 0) is 113 Å². The van der Waals surface area contributed by atoms with Crippen molar-refractivity contribution in [3.05, 3.63) is 80.5 Å². The highest BCUT2D eigenvalue weighted by atomic mass is 16.3. The molecule has 1 aromatic rings. The zero-order chi connectivity index (χ0) is 38.7. The predicted molar refractivity (Wildman–Crippen MR) is 197 cm³/mol. The number of rotatable bonds is 14. The molecule has 0 atom stereocenters. The Balaban J connectivity index is 0.000000356. The highest BCUT2D eigenvalue weighted by Gasteiger charge is 2.32.